The maximum Gasteiger partial charge on any atom is 0.343 e. The van der Waals surface area contributed by atoms with Gasteiger partial charge in [0.1, 0.15) is 5.56 Å². The second-order valence-electron chi connectivity index (χ2n) is 4.28. The van der Waals surface area contributed by atoms with Crippen LogP contribution >= 0.6 is 0 Å². The summed E-state index contributed by atoms with van der Waals surface area (Å²) < 4.78 is 15.4. The van der Waals surface area contributed by atoms with Crippen LogP contribution in [-0.4, -0.2) is 29.6 Å². The molecule has 0 saturated carbocycles. The Hall–Kier alpha value is -2.83. The summed E-state index contributed by atoms with van der Waals surface area (Å²) in [5.74, 6) is 0.565. The lowest BCUT2D eigenvalue weighted by molar-refractivity contribution is 0.0524. The van der Waals surface area contributed by atoms with Gasteiger partial charge in [-0.25, -0.2) is 9.89 Å². The fourth-order valence-corrected chi connectivity index (χ4v) is 1.97. The Bertz CT molecular complexity index is 753. The first-order chi connectivity index (χ1) is 10.2. The van der Waals surface area contributed by atoms with Gasteiger partial charge < -0.3 is 14.2 Å². The molecule has 21 heavy (non-hydrogen) atoms. The van der Waals surface area contributed by atoms with Crippen molar-refractivity contribution in [3.63, 3.8) is 0 Å². The van der Waals surface area contributed by atoms with Gasteiger partial charge in [0, 0.05) is 5.56 Å². The summed E-state index contributed by atoms with van der Waals surface area (Å²) in [4.78, 5) is 23.4. The standard InChI is InChI=1S/C14H12N2O5/c1-2-19-14(18)9-6-10(15-16-13(9)17)8-3-4-11-12(5-8)21-7-20-11/h3-6H,2,7H2,1H3,(H,16,17). The molecule has 108 valence electrons. The van der Waals surface area contributed by atoms with Gasteiger partial charge in [0.05, 0.1) is 12.3 Å². The zero-order valence-electron chi connectivity index (χ0n) is 11.2. The number of hydrogen-bond acceptors (Lipinski definition) is 6. The molecule has 1 N–H and O–H groups in total. The van der Waals surface area contributed by atoms with Gasteiger partial charge in [0.2, 0.25) is 6.79 Å². The summed E-state index contributed by atoms with van der Waals surface area (Å²) in [6.45, 7) is 2.04. The maximum atomic E-state index is 11.7. The summed E-state index contributed by atoms with van der Waals surface area (Å²) in [6, 6.07) is 6.64. The third kappa shape index (κ3) is 2.45. The van der Waals surface area contributed by atoms with Crippen molar-refractivity contribution in [1.82, 2.24) is 10.2 Å². The highest BCUT2D eigenvalue weighted by Crippen LogP contribution is 2.35. The molecule has 0 unspecified atom stereocenters. The van der Waals surface area contributed by atoms with Crippen LogP contribution in [0.1, 0.15) is 17.3 Å². The number of nitrogens with zero attached hydrogens (tertiary/aromatic N) is 1. The van der Waals surface area contributed by atoms with Gasteiger partial charge in [-0.1, -0.05) is 0 Å². The van der Waals surface area contributed by atoms with Crippen molar-refractivity contribution in [2.24, 2.45) is 0 Å². The summed E-state index contributed by atoms with van der Waals surface area (Å²) in [5, 5.41) is 6.23. The molecule has 1 aliphatic rings. The number of aromatic nitrogens is 2. The van der Waals surface area contributed by atoms with Gasteiger partial charge in [-0.3, -0.25) is 4.79 Å². The van der Waals surface area contributed by atoms with E-state index >= 15 is 0 Å². The molecule has 1 aromatic carbocycles. The van der Waals surface area contributed by atoms with Crippen molar-refractivity contribution < 1.29 is 19.0 Å². The molecule has 1 aliphatic heterocycles. The quantitative estimate of drug-likeness (QED) is 0.857. The van der Waals surface area contributed by atoms with Crippen LogP contribution in [-0.2, 0) is 4.74 Å². The van der Waals surface area contributed by atoms with Crippen LogP contribution in [0.3, 0.4) is 0 Å². The second kappa shape index (κ2) is 5.28. The van der Waals surface area contributed by atoms with Gasteiger partial charge in [-0.15, -0.1) is 0 Å². The molecule has 7 heteroatoms. The lowest BCUT2D eigenvalue weighted by atomic mass is 10.1. The smallest absolute Gasteiger partial charge is 0.343 e. The first-order valence-corrected chi connectivity index (χ1v) is 6.36. The summed E-state index contributed by atoms with van der Waals surface area (Å²) in [5.41, 5.74) is 0.467. The first-order valence-electron chi connectivity index (χ1n) is 6.36. The van der Waals surface area contributed by atoms with Gasteiger partial charge in [-0.2, -0.15) is 5.10 Å². The predicted molar refractivity (Wildman–Crippen MR) is 72.4 cm³/mol. The summed E-state index contributed by atoms with van der Waals surface area (Å²) >= 11 is 0. The van der Waals surface area contributed by atoms with Crippen LogP contribution in [0, 0.1) is 0 Å². The highest BCUT2D eigenvalue weighted by molar-refractivity contribution is 5.90. The molecule has 1 aromatic heterocycles. The van der Waals surface area contributed by atoms with E-state index in [1.165, 1.54) is 6.07 Å². The summed E-state index contributed by atoms with van der Waals surface area (Å²) in [6.07, 6.45) is 0. The van der Waals surface area contributed by atoms with Crippen LogP contribution < -0.4 is 15.0 Å². The van der Waals surface area contributed by atoms with Crippen molar-refractivity contribution in [3.05, 3.63) is 40.2 Å². The lowest BCUT2D eigenvalue weighted by Crippen LogP contribution is -2.21. The number of carbonyl (C=O) groups is 1. The minimum Gasteiger partial charge on any atom is -0.462 e. The number of ether oxygens (including phenoxy) is 3. The maximum absolute atomic E-state index is 11.7. The number of fused-ring (bicyclic) bond motifs is 1. The Morgan fingerprint density at radius 1 is 1.33 bits per heavy atom. The van der Waals surface area contributed by atoms with E-state index in [1.807, 2.05) is 0 Å². The molecule has 7 nitrogen and oxygen atoms in total. The van der Waals surface area contributed by atoms with Crippen molar-refractivity contribution in [1.29, 1.82) is 0 Å². The van der Waals surface area contributed by atoms with E-state index in [4.69, 9.17) is 14.2 Å². The molecule has 0 saturated heterocycles. The van der Waals surface area contributed by atoms with E-state index in [0.29, 0.717) is 22.8 Å². The molecular formula is C14H12N2O5. The van der Waals surface area contributed by atoms with Gasteiger partial charge in [0.25, 0.3) is 5.56 Å². The van der Waals surface area contributed by atoms with Crippen molar-refractivity contribution in [2.45, 2.75) is 6.92 Å². The van der Waals surface area contributed by atoms with Crippen LogP contribution in [0.2, 0.25) is 0 Å². The fourth-order valence-electron chi connectivity index (χ4n) is 1.97. The normalized spacial score (nSPS) is 12.2. The Balaban J connectivity index is 2.01. The number of nitrogens with one attached hydrogen (secondary N) is 1. The minimum absolute atomic E-state index is 0.0838. The van der Waals surface area contributed by atoms with E-state index < -0.39 is 11.5 Å². The van der Waals surface area contributed by atoms with Crippen LogP contribution in [0.25, 0.3) is 11.3 Å². The van der Waals surface area contributed by atoms with Gasteiger partial charge in [-0.05, 0) is 31.2 Å². The number of aromatic amines is 1. The Kier molecular flexibility index (Phi) is 3.31. The molecule has 0 fully saturated rings. The van der Waals surface area contributed by atoms with E-state index in [-0.39, 0.29) is 19.0 Å². The topological polar surface area (TPSA) is 90.5 Å². The lowest BCUT2D eigenvalue weighted by Gasteiger charge is -2.04. The molecule has 2 heterocycles. The average Bonchev–Trinajstić information content (AvgIpc) is 2.95. The molecular weight excluding hydrogens is 276 g/mol. The highest BCUT2D eigenvalue weighted by atomic mass is 16.7. The number of H-pyrrole nitrogens is 1. The second-order valence-corrected chi connectivity index (χ2v) is 4.28. The van der Waals surface area contributed by atoms with E-state index in [0.717, 1.165) is 0 Å². The zero-order valence-corrected chi connectivity index (χ0v) is 11.2. The number of hydrogen-bond donors (Lipinski definition) is 1. The number of esters is 1. The van der Waals surface area contributed by atoms with Crippen LogP contribution in [0.4, 0.5) is 0 Å². The van der Waals surface area contributed by atoms with Crippen molar-refractivity contribution in [3.8, 4) is 22.8 Å². The molecule has 0 aliphatic carbocycles. The fraction of sp³-hybridized carbons (Fsp3) is 0.214. The van der Waals surface area contributed by atoms with Crippen LogP contribution in [0.15, 0.2) is 29.1 Å². The Morgan fingerprint density at radius 3 is 2.95 bits per heavy atom. The third-order valence-electron chi connectivity index (χ3n) is 2.97. The molecule has 0 atom stereocenters. The van der Waals surface area contributed by atoms with Gasteiger partial charge >= 0.3 is 5.97 Å². The highest BCUT2D eigenvalue weighted by Gasteiger charge is 2.17. The number of carbonyl (C=O) groups excluding carboxylic acids is 1. The van der Waals surface area contributed by atoms with E-state index in [1.54, 1.807) is 25.1 Å². The Morgan fingerprint density at radius 2 is 2.14 bits per heavy atom. The molecule has 0 radical (unpaired) electrons. The monoisotopic (exact) mass is 288 g/mol. The predicted octanol–water partition coefficient (Wildman–Crippen LogP) is 1.34. The first kappa shape index (κ1) is 13.2. The third-order valence-corrected chi connectivity index (χ3v) is 2.97. The molecule has 0 amide bonds. The van der Waals surface area contributed by atoms with Crippen LogP contribution in [0.5, 0.6) is 11.5 Å². The van der Waals surface area contributed by atoms with Gasteiger partial charge in [0.15, 0.2) is 11.5 Å². The molecule has 2 aromatic rings. The molecule has 0 spiro atoms. The SMILES string of the molecule is CCOC(=O)c1cc(-c2ccc3c(c2)OCO3)n[nH]c1=O. The van der Waals surface area contributed by atoms with Crippen molar-refractivity contribution in [2.75, 3.05) is 13.4 Å². The average molecular weight is 288 g/mol. The molecule has 0 bridgehead atoms. The number of benzene rings is 1. The van der Waals surface area contributed by atoms with E-state index in [9.17, 15) is 9.59 Å². The zero-order chi connectivity index (χ0) is 14.8. The number of rotatable bonds is 3. The molecule has 3 rings (SSSR count). The van der Waals surface area contributed by atoms with E-state index in [2.05, 4.69) is 10.2 Å². The summed E-state index contributed by atoms with van der Waals surface area (Å²) in [7, 11) is 0. The Labute approximate surface area is 119 Å². The minimum atomic E-state index is -0.678. The van der Waals surface area contributed by atoms with Crippen molar-refractivity contribution >= 4 is 5.97 Å². The largest absolute Gasteiger partial charge is 0.462 e.